The van der Waals surface area contributed by atoms with Crippen LogP contribution in [-0.2, 0) is 11.3 Å². The van der Waals surface area contributed by atoms with Gasteiger partial charge in [-0.15, -0.1) is 11.3 Å². The van der Waals surface area contributed by atoms with E-state index in [1.807, 2.05) is 43.3 Å². The van der Waals surface area contributed by atoms with E-state index in [1.165, 1.54) is 12.1 Å². The van der Waals surface area contributed by atoms with E-state index in [-0.39, 0.29) is 11.9 Å². The second kappa shape index (κ2) is 8.71. The Kier molecular flexibility index (Phi) is 5.88. The third-order valence-corrected chi connectivity index (χ3v) is 5.58. The topological polar surface area (TPSA) is 35.8 Å². The van der Waals surface area contributed by atoms with Gasteiger partial charge in [-0.1, -0.05) is 0 Å². The Morgan fingerprint density at radius 1 is 1.18 bits per heavy atom. The summed E-state index contributed by atoms with van der Waals surface area (Å²) in [5.41, 5.74) is 2.88. The zero-order chi connectivity index (χ0) is 19.3. The standard InChI is InChI=1S/C22H23FN2O2S/c1-2-26-19-11-9-18(10-12-19)24-22-25(14-20-4-3-13-27-20)21(15-28-22)16-5-7-17(23)8-6-16/h5-12,15,20H,2-4,13-14H2,1H3/t20-/m1/s1. The molecular weight excluding hydrogens is 375 g/mol. The van der Waals surface area contributed by atoms with Crippen LogP contribution in [-0.4, -0.2) is 23.9 Å². The highest BCUT2D eigenvalue weighted by atomic mass is 32.1. The summed E-state index contributed by atoms with van der Waals surface area (Å²) >= 11 is 1.58. The largest absolute Gasteiger partial charge is 0.494 e. The van der Waals surface area contributed by atoms with Crippen molar-refractivity contribution in [2.45, 2.75) is 32.4 Å². The molecule has 146 valence electrons. The third kappa shape index (κ3) is 4.34. The maximum atomic E-state index is 13.4. The summed E-state index contributed by atoms with van der Waals surface area (Å²) in [6, 6.07) is 14.4. The second-order valence-corrected chi connectivity index (χ2v) is 7.53. The molecule has 1 aromatic heterocycles. The molecule has 1 aliphatic rings. The lowest BCUT2D eigenvalue weighted by Gasteiger charge is -2.14. The first kappa shape index (κ1) is 18.9. The number of aromatic nitrogens is 1. The molecule has 2 aromatic carbocycles. The Bertz CT molecular complexity index is 971. The van der Waals surface area contributed by atoms with E-state index in [2.05, 4.69) is 9.95 Å². The molecule has 1 saturated heterocycles. The quantitative estimate of drug-likeness (QED) is 0.575. The second-order valence-electron chi connectivity index (χ2n) is 6.69. The van der Waals surface area contributed by atoms with Crippen LogP contribution in [0.25, 0.3) is 11.3 Å². The number of halogens is 1. The molecule has 0 unspecified atom stereocenters. The number of rotatable bonds is 6. The van der Waals surface area contributed by atoms with Gasteiger partial charge in [0.2, 0.25) is 0 Å². The van der Waals surface area contributed by atoms with Crippen LogP contribution >= 0.6 is 11.3 Å². The molecule has 1 fully saturated rings. The smallest absolute Gasteiger partial charge is 0.190 e. The molecule has 0 bridgehead atoms. The summed E-state index contributed by atoms with van der Waals surface area (Å²) in [6.45, 7) is 4.16. The van der Waals surface area contributed by atoms with Crippen molar-refractivity contribution in [2.24, 2.45) is 4.99 Å². The van der Waals surface area contributed by atoms with Crippen LogP contribution in [0.4, 0.5) is 10.1 Å². The van der Waals surface area contributed by atoms with E-state index in [4.69, 9.17) is 14.5 Å². The van der Waals surface area contributed by atoms with Crippen LogP contribution in [0.3, 0.4) is 0 Å². The van der Waals surface area contributed by atoms with Gasteiger partial charge in [0.25, 0.3) is 0 Å². The molecule has 6 heteroatoms. The first-order valence-electron chi connectivity index (χ1n) is 9.56. The molecule has 28 heavy (non-hydrogen) atoms. The molecule has 1 atom stereocenters. The molecule has 0 aliphatic carbocycles. The van der Waals surface area contributed by atoms with Crippen LogP contribution in [0.1, 0.15) is 19.8 Å². The van der Waals surface area contributed by atoms with Crippen molar-refractivity contribution in [1.29, 1.82) is 0 Å². The van der Waals surface area contributed by atoms with Gasteiger partial charge in [0.1, 0.15) is 11.6 Å². The van der Waals surface area contributed by atoms with Gasteiger partial charge in [-0.25, -0.2) is 9.38 Å². The van der Waals surface area contributed by atoms with Crippen LogP contribution < -0.4 is 9.54 Å². The van der Waals surface area contributed by atoms with Gasteiger partial charge in [0.15, 0.2) is 4.80 Å². The van der Waals surface area contributed by atoms with Gasteiger partial charge in [-0.05, 0) is 73.9 Å². The maximum absolute atomic E-state index is 13.4. The number of ether oxygens (including phenoxy) is 2. The summed E-state index contributed by atoms with van der Waals surface area (Å²) < 4.78 is 26.9. The zero-order valence-corrected chi connectivity index (χ0v) is 16.6. The van der Waals surface area contributed by atoms with Crippen LogP contribution in [0.15, 0.2) is 58.9 Å². The molecule has 1 aliphatic heterocycles. The Labute approximate surface area is 167 Å². The SMILES string of the molecule is CCOc1ccc(N=c2scc(-c3ccc(F)cc3)n2C[C@H]2CCCO2)cc1. The van der Waals surface area contributed by atoms with Gasteiger partial charge in [0.05, 0.1) is 30.6 Å². The number of nitrogens with zero attached hydrogens (tertiary/aromatic N) is 2. The number of hydrogen-bond acceptors (Lipinski definition) is 4. The Balaban J connectivity index is 1.72. The molecule has 3 aromatic rings. The average molecular weight is 399 g/mol. The molecule has 0 radical (unpaired) electrons. The maximum Gasteiger partial charge on any atom is 0.190 e. The first-order valence-corrected chi connectivity index (χ1v) is 10.4. The molecule has 0 amide bonds. The molecular formula is C22H23FN2O2S. The fraction of sp³-hybridized carbons (Fsp3) is 0.318. The minimum absolute atomic E-state index is 0.188. The Morgan fingerprint density at radius 2 is 1.96 bits per heavy atom. The summed E-state index contributed by atoms with van der Waals surface area (Å²) in [5.74, 6) is 0.607. The van der Waals surface area contributed by atoms with Crippen molar-refractivity contribution >= 4 is 17.0 Å². The molecule has 0 saturated carbocycles. The third-order valence-electron chi connectivity index (χ3n) is 4.72. The van der Waals surface area contributed by atoms with Gasteiger partial charge >= 0.3 is 0 Å². The summed E-state index contributed by atoms with van der Waals surface area (Å²) in [7, 11) is 0. The van der Waals surface area contributed by atoms with Crippen molar-refractivity contribution in [3.05, 3.63) is 64.5 Å². The van der Waals surface area contributed by atoms with Crippen molar-refractivity contribution in [3.63, 3.8) is 0 Å². The van der Waals surface area contributed by atoms with E-state index in [9.17, 15) is 4.39 Å². The van der Waals surface area contributed by atoms with Crippen molar-refractivity contribution < 1.29 is 13.9 Å². The van der Waals surface area contributed by atoms with E-state index >= 15 is 0 Å². The van der Waals surface area contributed by atoms with Gasteiger partial charge in [-0.2, -0.15) is 0 Å². The number of benzene rings is 2. The van der Waals surface area contributed by atoms with Crippen LogP contribution in [0.5, 0.6) is 5.75 Å². The summed E-state index contributed by atoms with van der Waals surface area (Å²) in [4.78, 5) is 5.75. The van der Waals surface area contributed by atoms with Crippen molar-refractivity contribution in [2.75, 3.05) is 13.2 Å². The molecule has 0 spiro atoms. The highest BCUT2D eigenvalue weighted by Crippen LogP contribution is 2.24. The molecule has 4 rings (SSSR count). The highest BCUT2D eigenvalue weighted by molar-refractivity contribution is 7.07. The fourth-order valence-electron chi connectivity index (χ4n) is 3.33. The lowest BCUT2D eigenvalue weighted by atomic mass is 10.1. The average Bonchev–Trinajstić information content (AvgIpc) is 3.35. The van der Waals surface area contributed by atoms with Crippen LogP contribution in [0.2, 0.25) is 0 Å². The van der Waals surface area contributed by atoms with E-state index < -0.39 is 0 Å². The van der Waals surface area contributed by atoms with Crippen molar-refractivity contribution in [1.82, 2.24) is 4.57 Å². The first-order chi connectivity index (χ1) is 13.7. The van der Waals surface area contributed by atoms with Gasteiger partial charge < -0.3 is 14.0 Å². The molecule has 0 N–H and O–H groups in total. The summed E-state index contributed by atoms with van der Waals surface area (Å²) in [6.07, 6.45) is 2.33. The van der Waals surface area contributed by atoms with E-state index in [1.54, 1.807) is 11.3 Å². The predicted molar refractivity (Wildman–Crippen MR) is 110 cm³/mol. The Morgan fingerprint density at radius 3 is 2.64 bits per heavy atom. The minimum atomic E-state index is -0.232. The Hall–Kier alpha value is -2.44. The van der Waals surface area contributed by atoms with Gasteiger partial charge in [-0.3, -0.25) is 0 Å². The normalized spacial score (nSPS) is 17.2. The van der Waals surface area contributed by atoms with Crippen molar-refractivity contribution in [3.8, 4) is 17.0 Å². The lowest BCUT2D eigenvalue weighted by molar-refractivity contribution is 0.0968. The van der Waals surface area contributed by atoms with E-state index in [0.717, 1.165) is 53.5 Å². The predicted octanol–water partition coefficient (Wildman–Crippen LogP) is 5.17. The van der Waals surface area contributed by atoms with Gasteiger partial charge in [0, 0.05) is 12.0 Å². The fourth-order valence-corrected chi connectivity index (χ4v) is 4.27. The summed E-state index contributed by atoms with van der Waals surface area (Å²) in [5, 5.41) is 2.08. The van der Waals surface area contributed by atoms with E-state index in [0.29, 0.717) is 6.61 Å². The molecule has 4 nitrogen and oxygen atoms in total. The monoisotopic (exact) mass is 398 g/mol. The number of thiazole rings is 1. The number of hydrogen-bond donors (Lipinski definition) is 0. The molecule has 2 heterocycles. The minimum Gasteiger partial charge on any atom is -0.494 e. The highest BCUT2D eigenvalue weighted by Gasteiger charge is 2.19. The lowest BCUT2D eigenvalue weighted by Crippen LogP contribution is -2.24. The van der Waals surface area contributed by atoms with Crippen LogP contribution in [0, 0.1) is 5.82 Å². The zero-order valence-electron chi connectivity index (χ0n) is 15.8.